The maximum Gasteiger partial charge on any atom is 0.323 e. The molecule has 0 aliphatic carbocycles. The van der Waals surface area contributed by atoms with Crippen LogP contribution in [0, 0.1) is 12.8 Å². The molecule has 2 atom stereocenters. The number of aliphatic carboxylic acids is 1. The monoisotopic (exact) mass is 145 g/mol. The predicted molar refractivity (Wildman–Crippen MR) is 37.2 cm³/mol. The van der Waals surface area contributed by atoms with Crippen molar-refractivity contribution < 1.29 is 15.0 Å². The number of nitrogens with two attached hydrogens (primary N) is 1. The molecular weight excluding hydrogens is 134 g/mol. The van der Waals surface area contributed by atoms with Crippen molar-refractivity contribution in [2.75, 3.05) is 0 Å². The lowest BCUT2D eigenvalue weighted by molar-refractivity contribution is -0.140. The normalized spacial score (nSPS) is 14.1. The van der Waals surface area contributed by atoms with E-state index in [9.17, 15) is 4.79 Å². The molecule has 0 rings (SSSR count). The van der Waals surface area contributed by atoms with Gasteiger partial charge in [0.2, 0.25) is 0 Å². The summed E-state index contributed by atoms with van der Waals surface area (Å²) in [6.07, 6.45) is 7.02. The molecule has 0 saturated heterocycles. The molecule has 4 heteroatoms. The second kappa shape index (κ2) is 6.08. The number of terminal acetylenes is 1. The average Bonchev–Trinajstić information content (AvgIpc) is 1.90. The van der Waals surface area contributed by atoms with Crippen LogP contribution in [0.1, 0.15) is 6.92 Å². The van der Waals surface area contributed by atoms with Crippen LogP contribution in [0.3, 0.4) is 0 Å². The van der Waals surface area contributed by atoms with Crippen LogP contribution in [-0.4, -0.2) is 28.3 Å². The lowest BCUT2D eigenvalue weighted by Crippen LogP contribution is -2.39. The molecule has 58 valence electrons. The summed E-state index contributed by atoms with van der Waals surface area (Å²) in [6, 6.07) is -1.16. The van der Waals surface area contributed by atoms with Gasteiger partial charge in [0, 0.05) is 0 Å². The molecule has 2 unspecified atom stereocenters. The van der Waals surface area contributed by atoms with Crippen molar-refractivity contribution in [1.29, 1.82) is 0 Å². The Hall–Kier alpha value is -1.05. The molecule has 0 aromatic carbocycles. The van der Waals surface area contributed by atoms with E-state index in [1.807, 2.05) is 0 Å². The Balaban J connectivity index is 0. The van der Waals surface area contributed by atoms with Gasteiger partial charge in [-0.05, 0) is 6.92 Å². The number of carboxylic acid groups (broad SMARTS) is 1. The Kier molecular flexibility index (Phi) is 7.12. The number of aliphatic hydroxyl groups is 1. The minimum absolute atomic E-state index is 0.979. The summed E-state index contributed by atoms with van der Waals surface area (Å²) in [7, 11) is 0. The van der Waals surface area contributed by atoms with Crippen LogP contribution in [0.2, 0.25) is 0 Å². The van der Waals surface area contributed by atoms with E-state index in [0.717, 1.165) is 0 Å². The van der Waals surface area contributed by atoms with Crippen molar-refractivity contribution in [1.82, 2.24) is 0 Å². The molecule has 0 spiro atoms. The van der Waals surface area contributed by atoms with Crippen LogP contribution >= 0.6 is 0 Å². The highest BCUT2D eigenvalue weighted by Gasteiger charge is 2.16. The standard InChI is InChI=1S/C4H9NO3.C2H2/c1-2(6)3(5)4(7)8;1-2/h2-3,6H,5H2,1H3,(H,7,8);1-2H. The SMILES string of the molecule is C#C.CC(O)C(N)C(=O)O. The van der Waals surface area contributed by atoms with E-state index in [-0.39, 0.29) is 0 Å². The smallest absolute Gasteiger partial charge is 0.323 e. The molecule has 0 aliphatic rings. The lowest BCUT2D eigenvalue weighted by Gasteiger charge is -2.06. The van der Waals surface area contributed by atoms with E-state index in [0.29, 0.717) is 0 Å². The van der Waals surface area contributed by atoms with Gasteiger partial charge in [0.05, 0.1) is 6.10 Å². The van der Waals surface area contributed by atoms with Crippen LogP contribution < -0.4 is 5.73 Å². The summed E-state index contributed by atoms with van der Waals surface area (Å²) < 4.78 is 0. The Morgan fingerprint density at radius 1 is 1.60 bits per heavy atom. The first-order valence-corrected chi connectivity index (χ1v) is 2.55. The topological polar surface area (TPSA) is 83.5 Å². The average molecular weight is 145 g/mol. The minimum Gasteiger partial charge on any atom is -0.480 e. The number of hydrogen-bond acceptors (Lipinski definition) is 3. The fraction of sp³-hybridized carbons (Fsp3) is 0.500. The van der Waals surface area contributed by atoms with Gasteiger partial charge in [-0.3, -0.25) is 4.79 Å². The van der Waals surface area contributed by atoms with E-state index < -0.39 is 18.1 Å². The summed E-state index contributed by atoms with van der Waals surface area (Å²) in [5.74, 6) is -1.18. The third-order valence-electron chi connectivity index (χ3n) is 0.805. The van der Waals surface area contributed by atoms with E-state index in [4.69, 9.17) is 15.9 Å². The molecule has 0 amide bonds. The highest BCUT2D eigenvalue weighted by Crippen LogP contribution is 1.85. The van der Waals surface area contributed by atoms with Crippen molar-refractivity contribution in [3.63, 3.8) is 0 Å². The zero-order valence-corrected chi connectivity index (χ0v) is 5.69. The summed E-state index contributed by atoms with van der Waals surface area (Å²) in [6.45, 7) is 1.33. The molecule has 0 aromatic heterocycles. The van der Waals surface area contributed by atoms with Crippen molar-refractivity contribution in [2.24, 2.45) is 5.73 Å². The summed E-state index contributed by atoms with van der Waals surface area (Å²) in [4.78, 5) is 9.86. The van der Waals surface area contributed by atoms with Gasteiger partial charge >= 0.3 is 5.97 Å². The van der Waals surface area contributed by atoms with Crippen LogP contribution in [0.5, 0.6) is 0 Å². The van der Waals surface area contributed by atoms with E-state index >= 15 is 0 Å². The van der Waals surface area contributed by atoms with Gasteiger partial charge in [0.25, 0.3) is 0 Å². The first kappa shape index (κ1) is 11.7. The molecule has 10 heavy (non-hydrogen) atoms. The second-order valence-electron chi connectivity index (χ2n) is 1.60. The van der Waals surface area contributed by atoms with Crippen LogP contribution in [0.15, 0.2) is 0 Å². The van der Waals surface area contributed by atoms with E-state index in [2.05, 4.69) is 12.8 Å². The van der Waals surface area contributed by atoms with Gasteiger partial charge in [-0.15, -0.1) is 12.8 Å². The molecule has 0 saturated carbocycles. The number of rotatable bonds is 2. The predicted octanol–water partition coefficient (Wildman–Crippen LogP) is -0.971. The van der Waals surface area contributed by atoms with Crippen molar-refractivity contribution in [2.45, 2.75) is 19.1 Å². The molecular formula is C6H11NO3. The second-order valence-corrected chi connectivity index (χ2v) is 1.60. The van der Waals surface area contributed by atoms with Crippen LogP contribution in [0.25, 0.3) is 0 Å². The third-order valence-corrected chi connectivity index (χ3v) is 0.805. The van der Waals surface area contributed by atoms with Gasteiger partial charge in [-0.2, -0.15) is 0 Å². The summed E-state index contributed by atoms with van der Waals surface area (Å²) >= 11 is 0. The highest BCUT2D eigenvalue weighted by atomic mass is 16.4. The Morgan fingerprint density at radius 2 is 1.90 bits per heavy atom. The largest absolute Gasteiger partial charge is 0.480 e. The van der Waals surface area contributed by atoms with Crippen molar-refractivity contribution in [3.05, 3.63) is 0 Å². The number of carbonyl (C=O) groups is 1. The Labute approximate surface area is 59.7 Å². The molecule has 0 aliphatic heterocycles. The fourth-order valence-corrected chi connectivity index (χ4v) is 0.206. The lowest BCUT2D eigenvalue weighted by atomic mass is 10.2. The molecule has 0 heterocycles. The Morgan fingerprint density at radius 3 is 1.90 bits per heavy atom. The molecule has 0 aromatic rings. The van der Waals surface area contributed by atoms with Gasteiger partial charge < -0.3 is 15.9 Å². The molecule has 0 fully saturated rings. The van der Waals surface area contributed by atoms with Gasteiger partial charge in [0.15, 0.2) is 0 Å². The first-order chi connectivity index (χ1) is 4.55. The third kappa shape index (κ3) is 5.09. The number of aliphatic hydroxyl groups excluding tert-OH is 1. The highest BCUT2D eigenvalue weighted by molar-refractivity contribution is 5.73. The number of carboxylic acids is 1. The maximum atomic E-state index is 9.86. The van der Waals surface area contributed by atoms with E-state index in [1.54, 1.807) is 0 Å². The molecule has 0 bridgehead atoms. The minimum atomic E-state index is -1.18. The Bertz CT molecular complexity index is 119. The summed E-state index contributed by atoms with van der Waals surface area (Å²) in [5.41, 5.74) is 4.91. The van der Waals surface area contributed by atoms with Gasteiger partial charge in [-0.25, -0.2) is 0 Å². The molecule has 4 nitrogen and oxygen atoms in total. The quantitative estimate of drug-likeness (QED) is 0.436. The van der Waals surface area contributed by atoms with Crippen LogP contribution in [-0.2, 0) is 4.79 Å². The molecule has 4 N–H and O–H groups in total. The zero-order chi connectivity index (χ0) is 8.73. The van der Waals surface area contributed by atoms with Gasteiger partial charge in [-0.1, -0.05) is 0 Å². The first-order valence-electron chi connectivity index (χ1n) is 2.55. The van der Waals surface area contributed by atoms with Gasteiger partial charge in [0.1, 0.15) is 6.04 Å². The van der Waals surface area contributed by atoms with Crippen molar-refractivity contribution in [3.8, 4) is 12.8 Å². The summed E-state index contributed by atoms with van der Waals surface area (Å²) in [5, 5.41) is 16.6. The van der Waals surface area contributed by atoms with Crippen molar-refractivity contribution >= 4 is 5.97 Å². The molecule has 0 radical (unpaired) electrons. The van der Waals surface area contributed by atoms with Crippen LogP contribution in [0.4, 0.5) is 0 Å². The van der Waals surface area contributed by atoms with E-state index in [1.165, 1.54) is 6.92 Å². The maximum absolute atomic E-state index is 9.86. The fourth-order valence-electron chi connectivity index (χ4n) is 0.206. The number of hydrogen-bond donors (Lipinski definition) is 3. The zero-order valence-electron chi connectivity index (χ0n) is 5.69.